The highest BCUT2D eigenvalue weighted by atomic mass is 35.8. The molecular weight excluding hydrogens is 554 g/mol. The Hall–Kier alpha value is 1.58. The summed E-state index contributed by atoms with van der Waals surface area (Å²) in [6.45, 7) is 8.84. The first-order valence-corrected chi connectivity index (χ1v) is 22.8. The van der Waals surface area contributed by atoms with Crippen molar-refractivity contribution in [3.8, 4) is 0 Å². The van der Waals surface area contributed by atoms with E-state index in [-0.39, 0.29) is 0 Å². The van der Waals surface area contributed by atoms with Crippen LogP contribution in [0.25, 0.3) is 0 Å². The van der Waals surface area contributed by atoms with Crippen molar-refractivity contribution < 1.29 is 0 Å². The molecule has 1 heterocycles. The minimum atomic E-state index is -2.37. The van der Waals surface area contributed by atoms with Crippen LogP contribution >= 0.6 is 66.7 Å². The Balaban J connectivity index is 0.000000687. The van der Waals surface area contributed by atoms with Gasteiger partial charge in [0.15, 0.2) is 0 Å². The summed E-state index contributed by atoms with van der Waals surface area (Å²) in [6.07, 6.45) is 13.5. The summed E-state index contributed by atoms with van der Waals surface area (Å²) in [6, 6.07) is 3.89. The van der Waals surface area contributed by atoms with Crippen LogP contribution in [-0.2, 0) is 6.42 Å². The van der Waals surface area contributed by atoms with Crippen molar-refractivity contribution in [1.82, 2.24) is 0 Å². The van der Waals surface area contributed by atoms with Gasteiger partial charge in [-0.15, -0.1) is 66.7 Å². The van der Waals surface area contributed by atoms with Crippen LogP contribution < -0.4 is 4.50 Å². The SMILES string of the molecule is CCCCC(CC)C[Si](Cl)(Cl)Cl.CCCCc1ccc([Si](Cl)(Cl)CC(CC)CCCC)s1. The third-order valence-electron chi connectivity index (χ3n) is 5.95. The number of halogens is 5. The molecule has 0 aromatic carbocycles. The molecular formula is C24H45Cl5SSi2. The predicted molar refractivity (Wildman–Crippen MR) is 160 cm³/mol. The van der Waals surface area contributed by atoms with Gasteiger partial charge in [0.05, 0.1) is 0 Å². The molecule has 0 radical (unpaired) electrons. The molecule has 0 saturated carbocycles. The summed E-state index contributed by atoms with van der Waals surface area (Å²) in [7, 11) is 0. The maximum absolute atomic E-state index is 6.78. The van der Waals surface area contributed by atoms with Crippen LogP contribution in [0.4, 0.5) is 0 Å². The summed E-state index contributed by atoms with van der Waals surface area (Å²) in [4.78, 5) is 1.45. The van der Waals surface area contributed by atoms with E-state index in [4.69, 9.17) is 55.4 Å². The van der Waals surface area contributed by atoms with Gasteiger partial charge in [-0.1, -0.05) is 92.4 Å². The lowest BCUT2D eigenvalue weighted by atomic mass is 10.0. The molecule has 0 nitrogen and oxygen atoms in total. The lowest BCUT2D eigenvalue weighted by Crippen LogP contribution is -2.36. The summed E-state index contributed by atoms with van der Waals surface area (Å²) < 4.78 is 1.27. The minimum Gasteiger partial charge on any atom is -0.147 e. The summed E-state index contributed by atoms with van der Waals surface area (Å²) in [5, 5.41) is 0. The highest BCUT2D eigenvalue weighted by Gasteiger charge is 2.35. The van der Waals surface area contributed by atoms with Crippen molar-refractivity contribution in [2.24, 2.45) is 11.8 Å². The lowest BCUT2D eigenvalue weighted by Gasteiger charge is -2.22. The zero-order valence-corrected chi connectivity index (χ0v) is 27.4. The second-order valence-electron chi connectivity index (χ2n) is 8.93. The highest BCUT2D eigenvalue weighted by Crippen LogP contribution is 2.33. The van der Waals surface area contributed by atoms with Crippen molar-refractivity contribution in [1.29, 1.82) is 0 Å². The van der Waals surface area contributed by atoms with Gasteiger partial charge in [0.1, 0.15) is 0 Å². The quantitative estimate of drug-likeness (QED) is 0.131. The normalized spacial score (nSPS) is 14.1. The first-order chi connectivity index (χ1) is 15.0. The number of thiophene rings is 1. The molecule has 190 valence electrons. The number of hydrogen-bond donors (Lipinski definition) is 0. The van der Waals surface area contributed by atoms with Gasteiger partial charge in [-0.25, -0.2) is 0 Å². The molecule has 0 aliphatic rings. The van der Waals surface area contributed by atoms with E-state index < -0.39 is 12.7 Å². The third kappa shape index (κ3) is 16.3. The molecule has 0 fully saturated rings. The van der Waals surface area contributed by atoms with Crippen LogP contribution in [0.2, 0.25) is 12.1 Å². The van der Waals surface area contributed by atoms with Gasteiger partial charge in [-0.05, 0) is 48.9 Å². The molecule has 0 saturated heterocycles. The number of aryl methyl sites for hydroxylation is 1. The first kappa shape index (κ1) is 33.6. The zero-order chi connectivity index (χ0) is 24.6. The van der Waals surface area contributed by atoms with Crippen molar-refractivity contribution in [3.63, 3.8) is 0 Å². The van der Waals surface area contributed by atoms with E-state index in [2.05, 4.69) is 46.8 Å². The Labute approximate surface area is 228 Å². The minimum absolute atomic E-state index is 0.629. The fourth-order valence-electron chi connectivity index (χ4n) is 3.74. The van der Waals surface area contributed by atoms with E-state index in [1.807, 2.05) is 11.3 Å². The van der Waals surface area contributed by atoms with E-state index in [0.29, 0.717) is 11.8 Å². The molecule has 0 aliphatic heterocycles. The van der Waals surface area contributed by atoms with Gasteiger partial charge in [0.25, 0.3) is 6.69 Å². The van der Waals surface area contributed by atoms with Crippen molar-refractivity contribution >= 4 is 83.9 Å². The van der Waals surface area contributed by atoms with Crippen molar-refractivity contribution in [2.45, 2.75) is 117 Å². The largest absolute Gasteiger partial charge is 0.341 e. The highest BCUT2D eigenvalue weighted by molar-refractivity contribution is 7.64. The Bertz CT molecular complexity index is 575. The van der Waals surface area contributed by atoms with Crippen LogP contribution in [0.5, 0.6) is 0 Å². The van der Waals surface area contributed by atoms with E-state index in [9.17, 15) is 0 Å². The summed E-state index contributed by atoms with van der Waals surface area (Å²) in [5.41, 5.74) is 0. The molecule has 0 aliphatic carbocycles. The van der Waals surface area contributed by atoms with Gasteiger partial charge in [-0.3, -0.25) is 0 Å². The van der Waals surface area contributed by atoms with E-state index in [1.54, 1.807) is 0 Å². The molecule has 1 rings (SSSR count). The maximum atomic E-state index is 6.78. The van der Waals surface area contributed by atoms with Crippen LogP contribution in [0.15, 0.2) is 12.1 Å². The Kier molecular flexibility index (Phi) is 19.7. The topological polar surface area (TPSA) is 0 Å². The second-order valence-corrected chi connectivity index (χ2v) is 26.5. The average molecular weight is 599 g/mol. The van der Waals surface area contributed by atoms with Crippen LogP contribution in [0.3, 0.4) is 0 Å². The Morgan fingerprint density at radius 3 is 1.66 bits per heavy atom. The van der Waals surface area contributed by atoms with Crippen LogP contribution in [0, 0.1) is 11.8 Å². The smallest absolute Gasteiger partial charge is 0.147 e. The first-order valence-electron chi connectivity index (χ1n) is 12.6. The molecule has 0 spiro atoms. The molecule has 2 unspecified atom stereocenters. The predicted octanol–water partition coefficient (Wildman–Crippen LogP) is 11.3. The van der Waals surface area contributed by atoms with Gasteiger partial charge >= 0.3 is 6.00 Å². The number of hydrogen-bond acceptors (Lipinski definition) is 1. The van der Waals surface area contributed by atoms with Gasteiger partial charge < -0.3 is 0 Å². The standard InChI is InChI=1S/C16H28Cl2SSi.C8H17Cl3Si/c1-4-7-9-14(6-3)13-20(17,18)16-12-11-15(19-16)10-8-5-2;1-3-5-6-8(4-2)7-12(9,10)11/h11-12,14H,4-10,13H2,1-3H3;8H,3-7H2,1-2H3. The summed E-state index contributed by atoms with van der Waals surface area (Å²) >= 11 is 33.0. The summed E-state index contributed by atoms with van der Waals surface area (Å²) in [5.74, 6) is 1.32. The molecule has 0 amide bonds. The van der Waals surface area contributed by atoms with Crippen LogP contribution in [-0.4, -0.2) is 12.7 Å². The maximum Gasteiger partial charge on any atom is 0.341 e. The number of rotatable bonds is 16. The van der Waals surface area contributed by atoms with E-state index in [0.717, 1.165) is 18.5 Å². The Morgan fingerprint density at radius 1 is 0.719 bits per heavy atom. The third-order valence-corrected chi connectivity index (χ3v) is 15.5. The monoisotopic (exact) mass is 596 g/mol. The van der Waals surface area contributed by atoms with Crippen molar-refractivity contribution in [3.05, 3.63) is 17.0 Å². The molecule has 2 atom stereocenters. The van der Waals surface area contributed by atoms with Crippen molar-refractivity contribution in [2.75, 3.05) is 0 Å². The molecule has 0 N–H and O–H groups in total. The fraction of sp³-hybridized carbons (Fsp3) is 0.833. The molecule has 1 aromatic heterocycles. The molecule has 0 bridgehead atoms. The van der Waals surface area contributed by atoms with Gasteiger partial charge in [0.2, 0.25) is 0 Å². The van der Waals surface area contributed by atoms with Gasteiger partial charge in [0, 0.05) is 9.38 Å². The second kappa shape index (κ2) is 18.8. The number of unbranched alkanes of at least 4 members (excludes halogenated alkanes) is 3. The molecule has 32 heavy (non-hydrogen) atoms. The van der Waals surface area contributed by atoms with E-state index >= 15 is 0 Å². The average Bonchev–Trinajstić information content (AvgIpc) is 3.22. The van der Waals surface area contributed by atoms with Crippen LogP contribution in [0.1, 0.15) is 104 Å². The zero-order valence-electron chi connectivity index (χ0n) is 20.8. The molecule has 1 aromatic rings. The van der Waals surface area contributed by atoms with Gasteiger partial charge in [-0.2, -0.15) is 0 Å². The fourth-order valence-corrected chi connectivity index (χ4v) is 13.0. The lowest BCUT2D eigenvalue weighted by molar-refractivity contribution is 0.489. The van der Waals surface area contributed by atoms with E-state index in [1.165, 1.54) is 73.6 Å². The Morgan fingerprint density at radius 2 is 1.22 bits per heavy atom. The molecule has 8 heteroatoms.